The number of hydrazone groups is 1. The van der Waals surface area contributed by atoms with Crippen LogP contribution in [0.3, 0.4) is 0 Å². The van der Waals surface area contributed by atoms with Crippen molar-refractivity contribution in [2.45, 2.75) is 0 Å². The predicted octanol–water partition coefficient (Wildman–Crippen LogP) is -1.47. The Balaban J connectivity index is 0.00000176. The molecule has 6 nitrogen and oxygen atoms in total. The van der Waals surface area contributed by atoms with Crippen LogP contribution in [0.1, 0.15) is 0 Å². The van der Waals surface area contributed by atoms with Gasteiger partial charge in [-0.25, -0.2) is 5.01 Å². The third-order valence-electron chi connectivity index (χ3n) is 3.34. The van der Waals surface area contributed by atoms with Crippen LogP contribution in [-0.4, -0.2) is 26.0 Å². The van der Waals surface area contributed by atoms with Gasteiger partial charge in [0, 0.05) is 11.6 Å². The number of nitrogens with zero attached hydrogens (tertiary/aromatic N) is 3. The zero-order chi connectivity index (χ0) is 14.8. The maximum atomic E-state index is 9.39. The van der Waals surface area contributed by atoms with Gasteiger partial charge < -0.3 is 27.6 Å². The molecule has 2 aliphatic heterocycles. The minimum Gasteiger partial charge on any atom is -1.00 e. The maximum Gasteiger partial charge on any atom is 0.144 e. The second kappa shape index (κ2) is 6.52. The Bertz CT molecular complexity index is 718. The first kappa shape index (κ1) is 15.9. The highest BCUT2D eigenvalue weighted by Gasteiger charge is 2.28. The second-order valence-corrected chi connectivity index (χ2v) is 4.56. The number of methoxy groups -OCH3 is 1. The first-order valence-electron chi connectivity index (χ1n) is 6.44. The summed E-state index contributed by atoms with van der Waals surface area (Å²) in [5.74, 6) is 1.00. The Hall–Kier alpha value is -2.49. The standard InChI is InChI=1S/C15H14N4O2.ClH/c1-20-11-4-2-3-10(7-11)19-15(17)13(8-16)12-5-6-21-9-14(12)18-19;/h2-5,7H,6,9,17H2,1H3;1H/p-1. The average molecular weight is 318 g/mol. The number of halogens is 1. The molecule has 0 bridgehead atoms. The van der Waals surface area contributed by atoms with E-state index in [1.54, 1.807) is 12.1 Å². The number of anilines is 1. The molecule has 0 unspecified atom stereocenters. The van der Waals surface area contributed by atoms with Crippen molar-refractivity contribution in [3.8, 4) is 11.8 Å². The molecule has 0 radical (unpaired) electrons. The molecule has 0 saturated heterocycles. The van der Waals surface area contributed by atoms with Crippen molar-refractivity contribution in [2.24, 2.45) is 10.8 Å². The number of nitrogens with two attached hydrogens (primary N) is 1. The minimum atomic E-state index is 0. The van der Waals surface area contributed by atoms with E-state index in [-0.39, 0.29) is 12.4 Å². The molecule has 2 aliphatic rings. The van der Waals surface area contributed by atoms with E-state index in [1.165, 1.54) is 0 Å². The van der Waals surface area contributed by atoms with Crippen LogP contribution in [0.15, 0.2) is 52.4 Å². The Kier molecular flexibility index (Phi) is 4.71. The molecule has 2 heterocycles. The zero-order valence-electron chi connectivity index (χ0n) is 11.9. The van der Waals surface area contributed by atoms with E-state index in [1.807, 2.05) is 30.3 Å². The molecule has 114 valence electrons. The fourth-order valence-electron chi connectivity index (χ4n) is 2.30. The summed E-state index contributed by atoms with van der Waals surface area (Å²) in [6, 6.07) is 9.50. The topological polar surface area (TPSA) is 83.9 Å². The fourth-order valence-corrected chi connectivity index (χ4v) is 2.30. The second-order valence-electron chi connectivity index (χ2n) is 4.56. The van der Waals surface area contributed by atoms with Crippen LogP contribution in [0.2, 0.25) is 0 Å². The monoisotopic (exact) mass is 317 g/mol. The fraction of sp³-hybridized carbons (Fsp3) is 0.200. The van der Waals surface area contributed by atoms with Gasteiger partial charge in [0.25, 0.3) is 0 Å². The van der Waals surface area contributed by atoms with Crippen LogP contribution >= 0.6 is 0 Å². The molecular weight excluding hydrogens is 304 g/mol. The first-order valence-corrected chi connectivity index (χ1v) is 6.44. The Morgan fingerprint density at radius 2 is 2.27 bits per heavy atom. The number of nitriles is 1. The SMILES string of the molecule is COc1cccc(N2N=C3COCC=C3C(C#N)=C2N)c1.[Cl-]. The van der Waals surface area contributed by atoms with Crippen molar-refractivity contribution >= 4 is 11.4 Å². The quantitative estimate of drug-likeness (QED) is 0.720. The van der Waals surface area contributed by atoms with Gasteiger partial charge in [0.15, 0.2) is 0 Å². The van der Waals surface area contributed by atoms with Crippen molar-refractivity contribution in [1.82, 2.24) is 0 Å². The molecular formula is C15H14ClN4O2-. The van der Waals surface area contributed by atoms with E-state index in [0.29, 0.717) is 36.1 Å². The van der Waals surface area contributed by atoms with Crippen LogP contribution in [-0.2, 0) is 4.74 Å². The van der Waals surface area contributed by atoms with Gasteiger partial charge in [0.2, 0.25) is 0 Å². The van der Waals surface area contributed by atoms with Gasteiger partial charge in [-0.15, -0.1) is 0 Å². The highest BCUT2D eigenvalue weighted by molar-refractivity contribution is 6.08. The van der Waals surface area contributed by atoms with Crippen molar-refractivity contribution in [2.75, 3.05) is 25.3 Å². The first-order chi connectivity index (χ1) is 10.2. The molecule has 2 N–H and O–H groups in total. The number of fused-ring (bicyclic) bond motifs is 1. The summed E-state index contributed by atoms with van der Waals surface area (Å²) in [4.78, 5) is 0. The van der Waals surface area contributed by atoms with Gasteiger partial charge in [0.1, 0.15) is 23.2 Å². The van der Waals surface area contributed by atoms with Gasteiger partial charge in [-0.05, 0) is 18.2 Å². The van der Waals surface area contributed by atoms with Gasteiger partial charge in [-0.3, -0.25) is 0 Å². The molecule has 0 fully saturated rings. The van der Waals surface area contributed by atoms with Crippen LogP contribution in [0.4, 0.5) is 5.69 Å². The lowest BCUT2D eigenvalue weighted by atomic mass is 9.99. The number of ether oxygens (including phenoxy) is 2. The molecule has 0 atom stereocenters. The molecule has 1 aromatic rings. The molecule has 0 amide bonds. The molecule has 22 heavy (non-hydrogen) atoms. The number of hydrogen-bond acceptors (Lipinski definition) is 6. The summed E-state index contributed by atoms with van der Waals surface area (Å²) >= 11 is 0. The lowest BCUT2D eigenvalue weighted by Gasteiger charge is -2.29. The molecule has 1 aromatic carbocycles. The van der Waals surface area contributed by atoms with E-state index < -0.39 is 0 Å². The predicted molar refractivity (Wildman–Crippen MR) is 78.6 cm³/mol. The molecule has 3 rings (SSSR count). The van der Waals surface area contributed by atoms with Crippen molar-refractivity contribution in [1.29, 1.82) is 5.26 Å². The summed E-state index contributed by atoms with van der Waals surface area (Å²) < 4.78 is 10.6. The van der Waals surface area contributed by atoms with E-state index in [0.717, 1.165) is 11.3 Å². The molecule has 0 spiro atoms. The van der Waals surface area contributed by atoms with Gasteiger partial charge >= 0.3 is 0 Å². The lowest BCUT2D eigenvalue weighted by molar-refractivity contribution is -0.00000521. The van der Waals surface area contributed by atoms with Gasteiger partial charge in [-0.1, -0.05) is 6.07 Å². The van der Waals surface area contributed by atoms with E-state index in [2.05, 4.69) is 11.2 Å². The number of hydrogen-bond donors (Lipinski definition) is 1. The number of rotatable bonds is 2. The minimum absolute atomic E-state index is 0. The van der Waals surface area contributed by atoms with Crippen molar-refractivity contribution < 1.29 is 21.9 Å². The van der Waals surface area contributed by atoms with Crippen LogP contribution < -0.4 is 27.9 Å². The third kappa shape index (κ3) is 2.64. The molecule has 0 saturated carbocycles. The molecule has 7 heteroatoms. The number of benzene rings is 1. The summed E-state index contributed by atoms with van der Waals surface area (Å²) in [5, 5.41) is 15.4. The Morgan fingerprint density at radius 3 is 3.00 bits per heavy atom. The van der Waals surface area contributed by atoms with Crippen LogP contribution in [0, 0.1) is 11.3 Å². The average Bonchev–Trinajstić information content (AvgIpc) is 2.54. The Morgan fingerprint density at radius 1 is 1.45 bits per heavy atom. The van der Waals surface area contributed by atoms with E-state index in [9.17, 15) is 5.26 Å². The highest BCUT2D eigenvalue weighted by Crippen LogP contribution is 2.30. The summed E-state index contributed by atoms with van der Waals surface area (Å²) in [5.41, 5.74) is 8.74. The van der Waals surface area contributed by atoms with Gasteiger partial charge in [-0.2, -0.15) is 10.4 Å². The van der Waals surface area contributed by atoms with Gasteiger partial charge in [0.05, 0.1) is 31.7 Å². The number of allylic oxidation sites excluding steroid dienone is 1. The highest BCUT2D eigenvalue weighted by atomic mass is 35.5. The third-order valence-corrected chi connectivity index (χ3v) is 3.34. The van der Waals surface area contributed by atoms with Crippen LogP contribution in [0.25, 0.3) is 0 Å². The van der Waals surface area contributed by atoms with Crippen LogP contribution in [0.5, 0.6) is 5.75 Å². The Labute approximate surface area is 134 Å². The van der Waals surface area contributed by atoms with E-state index >= 15 is 0 Å². The molecule has 0 aliphatic carbocycles. The van der Waals surface area contributed by atoms with E-state index in [4.69, 9.17) is 15.2 Å². The molecule has 0 aromatic heterocycles. The summed E-state index contributed by atoms with van der Waals surface area (Å²) in [7, 11) is 1.59. The summed E-state index contributed by atoms with van der Waals surface area (Å²) in [6.45, 7) is 0.830. The van der Waals surface area contributed by atoms with Crippen molar-refractivity contribution in [3.63, 3.8) is 0 Å². The normalized spacial score (nSPS) is 16.8. The lowest BCUT2D eigenvalue weighted by Crippen LogP contribution is -3.00. The zero-order valence-corrected chi connectivity index (χ0v) is 12.7. The van der Waals surface area contributed by atoms with Crippen molar-refractivity contribution in [3.05, 3.63) is 47.3 Å². The smallest absolute Gasteiger partial charge is 0.144 e. The largest absolute Gasteiger partial charge is 1.00 e. The summed E-state index contributed by atoms with van der Waals surface area (Å²) in [6.07, 6.45) is 1.83. The maximum absolute atomic E-state index is 9.39.